The first-order chi connectivity index (χ1) is 10.5. The molecule has 0 heterocycles. The number of anilines is 1. The number of ether oxygens (including phenoxy) is 1. The molecule has 1 N–H and O–H groups in total. The number of sulfonamides is 1. The van der Waals surface area contributed by atoms with Crippen LogP contribution in [0.15, 0.2) is 47.4 Å². The molecule has 114 valence electrons. The molecule has 22 heavy (non-hydrogen) atoms. The van der Waals surface area contributed by atoms with Gasteiger partial charge in [0.2, 0.25) is 0 Å². The van der Waals surface area contributed by atoms with Crippen molar-refractivity contribution in [1.82, 2.24) is 0 Å². The van der Waals surface area contributed by atoms with E-state index in [0.29, 0.717) is 23.4 Å². The maximum absolute atomic E-state index is 12.4. The summed E-state index contributed by atoms with van der Waals surface area (Å²) < 4.78 is 32.5. The van der Waals surface area contributed by atoms with E-state index in [1.165, 1.54) is 13.2 Å². The molecule has 0 bridgehead atoms. The molecule has 0 aliphatic carbocycles. The van der Waals surface area contributed by atoms with Crippen molar-refractivity contribution in [2.45, 2.75) is 18.2 Å². The molecule has 0 atom stereocenters. The maximum Gasteiger partial charge on any atom is 0.262 e. The van der Waals surface area contributed by atoms with E-state index in [4.69, 9.17) is 10.00 Å². The average Bonchev–Trinajstić information content (AvgIpc) is 2.48. The summed E-state index contributed by atoms with van der Waals surface area (Å²) in [5, 5.41) is 8.63. The molecule has 0 unspecified atom stereocenters. The summed E-state index contributed by atoms with van der Waals surface area (Å²) in [5.74, 6) is 0.609. The zero-order chi connectivity index (χ0) is 16.2. The van der Waals surface area contributed by atoms with Crippen LogP contribution in [0, 0.1) is 18.3 Å². The highest BCUT2D eigenvalue weighted by Gasteiger charge is 2.17. The summed E-state index contributed by atoms with van der Waals surface area (Å²) in [6.45, 7) is 1.72. The second-order valence-electron chi connectivity index (χ2n) is 4.77. The number of nitriles is 1. The summed E-state index contributed by atoms with van der Waals surface area (Å²) in [5.41, 5.74) is 1.90. The second-order valence-corrected chi connectivity index (χ2v) is 6.42. The topological polar surface area (TPSA) is 79.2 Å². The van der Waals surface area contributed by atoms with Gasteiger partial charge in [0, 0.05) is 5.69 Å². The number of rotatable bonds is 5. The first-order valence-corrected chi connectivity index (χ1v) is 8.08. The second kappa shape index (κ2) is 6.50. The van der Waals surface area contributed by atoms with Gasteiger partial charge in [0.25, 0.3) is 10.0 Å². The third-order valence-corrected chi connectivity index (χ3v) is 4.70. The van der Waals surface area contributed by atoms with Gasteiger partial charge < -0.3 is 4.74 Å². The Morgan fingerprint density at radius 2 is 1.86 bits per heavy atom. The lowest BCUT2D eigenvalue weighted by atomic mass is 10.1. The van der Waals surface area contributed by atoms with Gasteiger partial charge in [-0.25, -0.2) is 8.42 Å². The third kappa shape index (κ3) is 3.57. The van der Waals surface area contributed by atoms with Crippen molar-refractivity contribution in [1.29, 1.82) is 5.26 Å². The van der Waals surface area contributed by atoms with Crippen molar-refractivity contribution in [3.63, 3.8) is 0 Å². The first kappa shape index (κ1) is 15.9. The van der Waals surface area contributed by atoms with Crippen LogP contribution in [0.4, 0.5) is 5.69 Å². The predicted octanol–water partition coefficient (Wildman–Crippen LogP) is 2.87. The van der Waals surface area contributed by atoms with Gasteiger partial charge in [-0.3, -0.25) is 4.72 Å². The zero-order valence-corrected chi connectivity index (χ0v) is 13.1. The number of hydrogen-bond donors (Lipinski definition) is 1. The van der Waals surface area contributed by atoms with Crippen LogP contribution >= 0.6 is 0 Å². The molecule has 2 rings (SSSR count). The van der Waals surface area contributed by atoms with Gasteiger partial charge in [0.15, 0.2) is 0 Å². The Morgan fingerprint density at radius 3 is 2.41 bits per heavy atom. The molecule has 0 aliphatic rings. The highest BCUT2D eigenvalue weighted by atomic mass is 32.2. The maximum atomic E-state index is 12.4. The van der Waals surface area contributed by atoms with E-state index in [2.05, 4.69) is 4.72 Å². The highest BCUT2D eigenvalue weighted by molar-refractivity contribution is 7.92. The molecular weight excluding hydrogens is 300 g/mol. The molecular formula is C16H16N2O3S. The Morgan fingerprint density at radius 1 is 1.18 bits per heavy atom. The van der Waals surface area contributed by atoms with E-state index in [-0.39, 0.29) is 4.90 Å². The van der Waals surface area contributed by atoms with E-state index in [1.54, 1.807) is 43.3 Å². The smallest absolute Gasteiger partial charge is 0.262 e. The minimum atomic E-state index is -3.66. The number of nitrogens with zero attached hydrogens (tertiary/aromatic N) is 1. The van der Waals surface area contributed by atoms with Gasteiger partial charge in [0.1, 0.15) is 5.75 Å². The van der Waals surface area contributed by atoms with Gasteiger partial charge >= 0.3 is 0 Å². The lowest BCUT2D eigenvalue weighted by Crippen LogP contribution is -2.14. The van der Waals surface area contributed by atoms with E-state index >= 15 is 0 Å². The fourth-order valence-corrected chi connectivity index (χ4v) is 3.33. The monoisotopic (exact) mass is 316 g/mol. The van der Waals surface area contributed by atoms with Crippen molar-refractivity contribution in [3.05, 3.63) is 53.6 Å². The van der Waals surface area contributed by atoms with Crippen LogP contribution in [0.3, 0.4) is 0 Å². The van der Waals surface area contributed by atoms with Crippen LogP contribution in [-0.2, 0) is 16.4 Å². The van der Waals surface area contributed by atoms with Crippen molar-refractivity contribution in [2.75, 3.05) is 11.8 Å². The van der Waals surface area contributed by atoms with Crippen LogP contribution in [0.2, 0.25) is 0 Å². The highest BCUT2D eigenvalue weighted by Crippen LogP contribution is 2.23. The fourth-order valence-electron chi connectivity index (χ4n) is 2.04. The molecule has 0 amide bonds. The van der Waals surface area contributed by atoms with Crippen LogP contribution in [0.5, 0.6) is 5.75 Å². The normalized spacial score (nSPS) is 10.8. The molecule has 0 aromatic heterocycles. The largest absolute Gasteiger partial charge is 0.497 e. The number of aryl methyl sites for hydroxylation is 1. The molecule has 0 saturated heterocycles. The lowest BCUT2D eigenvalue weighted by Gasteiger charge is -2.11. The average molecular weight is 316 g/mol. The van der Waals surface area contributed by atoms with E-state index in [1.807, 2.05) is 6.07 Å². The van der Waals surface area contributed by atoms with Crippen molar-refractivity contribution < 1.29 is 13.2 Å². The quantitative estimate of drug-likeness (QED) is 0.920. The van der Waals surface area contributed by atoms with Crippen molar-refractivity contribution in [2.24, 2.45) is 0 Å². The molecule has 5 nitrogen and oxygen atoms in total. The van der Waals surface area contributed by atoms with E-state index < -0.39 is 10.0 Å². The van der Waals surface area contributed by atoms with Crippen LogP contribution < -0.4 is 9.46 Å². The summed E-state index contributed by atoms with van der Waals surface area (Å²) in [4.78, 5) is 0.203. The predicted molar refractivity (Wildman–Crippen MR) is 84.3 cm³/mol. The molecule has 0 aliphatic heterocycles. The molecule has 0 saturated carbocycles. The summed E-state index contributed by atoms with van der Waals surface area (Å²) in [7, 11) is -2.13. The summed E-state index contributed by atoms with van der Waals surface area (Å²) in [6, 6.07) is 13.6. The Balaban J connectivity index is 2.26. The molecule has 0 spiro atoms. The zero-order valence-electron chi connectivity index (χ0n) is 12.3. The summed E-state index contributed by atoms with van der Waals surface area (Å²) >= 11 is 0. The summed E-state index contributed by atoms with van der Waals surface area (Å²) in [6.07, 6.45) is 0.296. The lowest BCUT2D eigenvalue weighted by molar-refractivity contribution is 0.414. The van der Waals surface area contributed by atoms with Gasteiger partial charge in [-0.2, -0.15) is 5.26 Å². The van der Waals surface area contributed by atoms with E-state index in [9.17, 15) is 8.42 Å². The van der Waals surface area contributed by atoms with Crippen LogP contribution in [-0.4, -0.2) is 15.5 Å². The molecule has 6 heteroatoms. The minimum absolute atomic E-state index is 0.203. The Labute approximate surface area is 130 Å². The van der Waals surface area contributed by atoms with Crippen molar-refractivity contribution in [3.8, 4) is 11.8 Å². The number of methoxy groups -OCH3 is 1. The number of hydrogen-bond acceptors (Lipinski definition) is 4. The SMILES string of the molecule is COc1ccc(S(=O)(=O)Nc2ccc(CC#N)cc2)c(C)c1. The molecule has 2 aromatic carbocycles. The minimum Gasteiger partial charge on any atom is -0.497 e. The third-order valence-electron chi connectivity index (χ3n) is 3.16. The molecule has 2 aromatic rings. The van der Waals surface area contributed by atoms with Crippen molar-refractivity contribution >= 4 is 15.7 Å². The van der Waals surface area contributed by atoms with Crippen LogP contribution in [0.25, 0.3) is 0 Å². The van der Waals surface area contributed by atoms with Gasteiger partial charge in [0.05, 0.1) is 24.5 Å². The van der Waals surface area contributed by atoms with Gasteiger partial charge in [-0.15, -0.1) is 0 Å². The van der Waals surface area contributed by atoms with Crippen LogP contribution in [0.1, 0.15) is 11.1 Å². The fraction of sp³-hybridized carbons (Fsp3) is 0.188. The van der Waals surface area contributed by atoms with Gasteiger partial charge in [-0.1, -0.05) is 12.1 Å². The number of nitrogens with one attached hydrogen (secondary N) is 1. The Bertz CT molecular complexity index is 806. The standard InChI is InChI=1S/C16H16N2O3S/c1-12-11-15(21-2)7-8-16(12)22(19,20)18-14-5-3-13(4-6-14)9-10-17/h3-8,11,18H,9H2,1-2H3. The van der Waals surface area contributed by atoms with E-state index in [0.717, 1.165) is 5.56 Å². The first-order valence-electron chi connectivity index (χ1n) is 6.59. The molecule has 0 radical (unpaired) electrons. The number of benzene rings is 2. The Kier molecular flexibility index (Phi) is 4.68. The molecule has 0 fully saturated rings. The Hall–Kier alpha value is -2.52. The van der Waals surface area contributed by atoms with Gasteiger partial charge in [-0.05, 0) is 48.4 Å².